The number of aliphatic hydroxyl groups is 1. The van der Waals surface area contributed by atoms with Crippen molar-refractivity contribution in [2.75, 3.05) is 0 Å². The summed E-state index contributed by atoms with van der Waals surface area (Å²) in [4.78, 5) is 1.99. The lowest BCUT2D eigenvalue weighted by Gasteiger charge is -2.46. The summed E-state index contributed by atoms with van der Waals surface area (Å²) in [5, 5.41) is 9.97. The molecule has 5 heteroatoms. The van der Waals surface area contributed by atoms with Crippen LogP contribution in [0.2, 0.25) is 0 Å². The Hall–Kier alpha value is -2.82. The van der Waals surface area contributed by atoms with E-state index in [2.05, 4.69) is 40.5 Å². The number of nitrogens with zero attached hydrogens (tertiary/aromatic N) is 2. The molecule has 1 atom stereocenters. The molecule has 1 unspecified atom stereocenters. The van der Waals surface area contributed by atoms with Crippen LogP contribution in [0.5, 0.6) is 0 Å². The summed E-state index contributed by atoms with van der Waals surface area (Å²) >= 11 is 0. The van der Waals surface area contributed by atoms with Gasteiger partial charge in [-0.1, -0.05) is 47.4 Å². The van der Waals surface area contributed by atoms with Crippen LogP contribution in [0.25, 0.3) is 11.8 Å². The number of aromatic nitrogens is 1. The Kier molecular flexibility index (Phi) is 5.20. The second-order valence-corrected chi connectivity index (χ2v) is 8.55. The highest BCUT2D eigenvalue weighted by atomic mass is 19.1. The molecule has 3 nitrogen and oxygen atoms in total. The predicted octanol–water partition coefficient (Wildman–Crippen LogP) is 6.28. The first-order chi connectivity index (χ1) is 13.5. The fraction of sp³-hybridized carbons (Fsp3) is 0.333. The zero-order chi connectivity index (χ0) is 21.7. The lowest BCUT2D eigenvalue weighted by Crippen LogP contribution is -2.48. The van der Waals surface area contributed by atoms with E-state index in [9.17, 15) is 9.50 Å². The maximum Gasteiger partial charge on any atom is 0.158 e. The van der Waals surface area contributed by atoms with Crippen molar-refractivity contribution in [3.8, 4) is 0 Å². The van der Waals surface area contributed by atoms with Crippen molar-refractivity contribution in [3.05, 3.63) is 83.6 Å². The molecule has 2 aliphatic heterocycles. The number of aliphatic hydroxyl groups excluding tert-OH is 1. The minimum absolute atomic E-state index is 0.0121. The van der Waals surface area contributed by atoms with Crippen LogP contribution in [0.15, 0.2) is 60.8 Å². The first kappa shape index (κ1) is 20.9. The third-order valence-electron chi connectivity index (χ3n) is 5.61. The summed E-state index contributed by atoms with van der Waals surface area (Å²) in [5.41, 5.74) is 2.98. The Morgan fingerprint density at radius 2 is 2.03 bits per heavy atom. The standard InChI is InChI=1S/C24H28F2N2O/c1-8-16(25)11-17-19(9-2)28-13-21(24(5,6)7)27-12-18(15(4)29)14(3)10-20(27)23(28)22(17)26/h8,10-12,21,29H,1,3-4,9,13H2,2,5-7H3/b16-11+. The van der Waals surface area contributed by atoms with E-state index < -0.39 is 11.6 Å². The summed E-state index contributed by atoms with van der Waals surface area (Å²) < 4.78 is 31.5. The number of hydrogen-bond acceptors (Lipinski definition) is 2. The minimum atomic E-state index is -0.577. The maximum atomic E-state index is 15.6. The van der Waals surface area contributed by atoms with Gasteiger partial charge in [0.15, 0.2) is 5.82 Å². The Labute approximate surface area is 171 Å². The van der Waals surface area contributed by atoms with E-state index >= 15 is 4.39 Å². The maximum absolute atomic E-state index is 15.6. The van der Waals surface area contributed by atoms with Crippen molar-refractivity contribution >= 4 is 11.8 Å². The van der Waals surface area contributed by atoms with Gasteiger partial charge in [-0.15, -0.1) is 0 Å². The van der Waals surface area contributed by atoms with Gasteiger partial charge in [0.05, 0.1) is 11.7 Å². The molecule has 1 N–H and O–H groups in total. The Balaban J connectivity index is 2.31. The van der Waals surface area contributed by atoms with Crippen molar-refractivity contribution in [2.24, 2.45) is 5.41 Å². The zero-order valence-electron chi connectivity index (χ0n) is 17.5. The van der Waals surface area contributed by atoms with E-state index in [4.69, 9.17) is 0 Å². The first-order valence-corrected chi connectivity index (χ1v) is 9.71. The second kappa shape index (κ2) is 7.21. The summed E-state index contributed by atoms with van der Waals surface area (Å²) in [6, 6.07) is -0.0121. The molecule has 0 fully saturated rings. The first-order valence-electron chi connectivity index (χ1n) is 9.71. The van der Waals surface area contributed by atoms with Crippen molar-refractivity contribution in [1.29, 1.82) is 0 Å². The van der Waals surface area contributed by atoms with E-state index in [0.717, 1.165) is 11.8 Å². The Bertz CT molecular complexity index is 999. The van der Waals surface area contributed by atoms with Gasteiger partial charge in [0.25, 0.3) is 0 Å². The molecule has 0 bridgehead atoms. The molecule has 0 amide bonds. The number of hydrogen-bond donors (Lipinski definition) is 1. The van der Waals surface area contributed by atoms with Gasteiger partial charge in [-0.05, 0) is 35.6 Å². The molecule has 1 aromatic rings. The molecule has 0 radical (unpaired) electrons. The van der Waals surface area contributed by atoms with Crippen molar-refractivity contribution in [1.82, 2.24) is 9.47 Å². The highest BCUT2D eigenvalue weighted by molar-refractivity contribution is 5.76. The third kappa shape index (κ3) is 3.39. The van der Waals surface area contributed by atoms with E-state index in [-0.39, 0.29) is 22.8 Å². The quantitative estimate of drug-likeness (QED) is 0.477. The summed E-state index contributed by atoms with van der Waals surface area (Å²) in [6.45, 7) is 19.9. The molecule has 1 aromatic heterocycles. The number of allylic oxidation sites excluding steroid dienone is 4. The van der Waals surface area contributed by atoms with E-state index in [1.165, 1.54) is 6.08 Å². The topological polar surface area (TPSA) is 28.4 Å². The van der Waals surface area contributed by atoms with E-state index in [1.54, 1.807) is 12.3 Å². The summed E-state index contributed by atoms with van der Waals surface area (Å²) in [7, 11) is 0. The molecule has 3 rings (SSSR count). The number of rotatable bonds is 4. The molecule has 0 aliphatic carbocycles. The smallest absolute Gasteiger partial charge is 0.158 e. The van der Waals surface area contributed by atoms with E-state index in [0.29, 0.717) is 35.5 Å². The SMILES string of the molecule is C=C/C(F)=C\c1c(F)c2n(c1CC)CC(C(C)(C)C)N1C=C(C(=C)O)C(=C)C=C21. The van der Waals surface area contributed by atoms with Crippen LogP contribution in [0.1, 0.15) is 44.6 Å². The predicted molar refractivity (Wildman–Crippen MR) is 115 cm³/mol. The lowest BCUT2D eigenvalue weighted by atomic mass is 9.82. The minimum Gasteiger partial charge on any atom is -0.508 e. The van der Waals surface area contributed by atoms with Crippen LogP contribution in [-0.4, -0.2) is 20.6 Å². The normalized spacial score (nSPS) is 19.4. The fourth-order valence-corrected chi connectivity index (χ4v) is 4.10. The highest BCUT2D eigenvalue weighted by Gasteiger charge is 2.41. The van der Waals surface area contributed by atoms with Gasteiger partial charge in [0.1, 0.15) is 17.3 Å². The molecule has 154 valence electrons. The largest absolute Gasteiger partial charge is 0.508 e. The van der Waals surface area contributed by atoms with Gasteiger partial charge in [-0.3, -0.25) is 0 Å². The van der Waals surface area contributed by atoms with Crippen LogP contribution in [0.3, 0.4) is 0 Å². The van der Waals surface area contributed by atoms with Crippen LogP contribution < -0.4 is 0 Å². The molecule has 29 heavy (non-hydrogen) atoms. The summed E-state index contributed by atoms with van der Waals surface area (Å²) in [6.07, 6.45) is 6.39. The molecule has 3 heterocycles. The molecule has 0 saturated heterocycles. The van der Waals surface area contributed by atoms with Crippen molar-refractivity contribution < 1.29 is 13.9 Å². The summed E-state index contributed by atoms with van der Waals surface area (Å²) in [5.74, 6) is -1.12. The van der Waals surface area contributed by atoms with Gasteiger partial charge >= 0.3 is 0 Å². The molecule has 0 spiro atoms. The third-order valence-corrected chi connectivity index (χ3v) is 5.61. The molecule has 2 aliphatic rings. The van der Waals surface area contributed by atoms with Crippen LogP contribution in [-0.2, 0) is 13.0 Å². The Morgan fingerprint density at radius 1 is 1.38 bits per heavy atom. The van der Waals surface area contributed by atoms with Gasteiger partial charge in [0.2, 0.25) is 0 Å². The number of fused-ring (bicyclic) bond motifs is 3. The molecular weight excluding hydrogens is 370 g/mol. The second-order valence-electron chi connectivity index (χ2n) is 8.55. The highest BCUT2D eigenvalue weighted by Crippen LogP contribution is 2.44. The van der Waals surface area contributed by atoms with Crippen molar-refractivity contribution in [2.45, 2.75) is 46.7 Å². The number of halogens is 2. The van der Waals surface area contributed by atoms with Crippen LogP contribution >= 0.6 is 0 Å². The van der Waals surface area contributed by atoms with Crippen molar-refractivity contribution in [3.63, 3.8) is 0 Å². The fourth-order valence-electron chi connectivity index (χ4n) is 4.10. The monoisotopic (exact) mass is 398 g/mol. The van der Waals surface area contributed by atoms with Crippen LogP contribution in [0, 0.1) is 11.2 Å². The Morgan fingerprint density at radius 3 is 2.55 bits per heavy atom. The molecule has 0 saturated carbocycles. The van der Waals surface area contributed by atoms with Crippen LogP contribution in [0.4, 0.5) is 8.78 Å². The van der Waals surface area contributed by atoms with Gasteiger partial charge < -0.3 is 14.6 Å². The average Bonchev–Trinajstić information content (AvgIpc) is 2.90. The average molecular weight is 398 g/mol. The van der Waals surface area contributed by atoms with E-state index in [1.807, 2.05) is 16.4 Å². The van der Waals surface area contributed by atoms with Gasteiger partial charge in [-0.25, -0.2) is 8.78 Å². The van der Waals surface area contributed by atoms with Gasteiger partial charge in [0, 0.05) is 29.6 Å². The van der Waals surface area contributed by atoms with Gasteiger partial charge in [-0.2, -0.15) is 0 Å². The lowest BCUT2D eigenvalue weighted by molar-refractivity contribution is 0.159. The zero-order valence-corrected chi connectivity index (χ0v) is 17.5. The molecular formula is C24H28F2N2O. The molecule has 0 aromatic carbocycles.